The highest BCUT2D eigenvalue weighted by atomic mass is 16.3. The lowest BCUT2D eigenvalue weighted by Crippen LogP contribution is -1.99. The summed E-state index contributed by atoms with van der Waals surface area (Å²) < 4.78 is 9.01. The molecule has 1 aliphatic carbocycles. The molecule has 4 aromatic carbocycles. The summed E-state index contributed by atoms with van der Waals surface area (Å²) in [6, 6.07) is 30.8. The molecule has 3 nitrogen and oxygen atoms in total. The molecule has 0 N–H and O–H groups in total. The number of furan rings is 1. The zero-order valence-corrected chi connectivity index (χ0v) is 21.1. The molecule has 0 aliphatic heterocycles. The Kier molecular flexibility index (Phi) is 4.12. The molecule has 9 rings (SSSR count). The van der Waals surface area contributed by atoms with Crippen molar-refractivity contribution in [2.75, 3.05) is 0 Å². The van der Waals surface area contributed by atoms with Gasteiger partial charge in [0.15, 0.2) is 0 Å². The Morgan fingerprint density at radius 1 is 0.737 bits per heavy atom. The minimum absolute atomic E-state index is 0.823. The molecule has 4 heterocycles. The Hall–Kier alpha value is -4.37. The van der Waals surface area contributed by atoms with Crippen molar-refractivity contribution in [1.29, 1.82) is 0 Å². The van der Waals surface area contributed by atoms with Crippen molar-refractivity contribution in [2.24, 2.45) is 5.92 Å². The monoisotopic (exact) mass is 490 g/mol. The van der Waals surface area contributed by atoms with Crippen LogP contribution >= 0.6 is 0 Å². The lowest BCUT2D eigenvalue weighted by atomic mass is 9.97. The summed E-state index contributed by atoms with van der Waals surface area (Å²) >= 11 is 0. The van der Waals surface area contributed by atoms with Crippen LogP contribution in [0.3, 0.4) is 0 Å². The summed E-state index contributed by atoms with van der Waals surface area (Å²) in [4.78, 5) is 4.81. The Morgan fingerprint density at radius 3 is 2.47 bits per heavy atom. The highest BCUT2D eigenvalue weighted by Gasteiger charge is 2.23. The lowest BCUT2D eigenvalue weighted by Gasteiger charge is -2.10. The maximum Gasteiger partial charge on any atom is 0.145 e. The lowest BCUT2D eigenvalue weighted by molar-refractivity contribution is 0.546. The maximum absolute atomic E-state index is 6.58. The van der Waals surface area contributed by atoms with E-state index in [2.05, 4.69) is 89.3 Å². The van der Waals surface area contributed by atoms with Crippen LogP contribution in [-0.4, -0.2) is 9.38 Å². The largest absolute Gasteiger partial charge is 0.455 e. The van der Waals surface area contributed by atoms with E-state index in [0.29, 0.717) is 0 Å². The van der Waals surface area contributed by atoms with Crippen molar-refractivity contribution in [1.82, 2.24) is 9.38 Å². The second-order valence-corrected chi connectivity index (χ2v) is 11.1. The van der Waals surface area contributed by atoms with Gasteiger partial charge in [0.25, 0.3) is 0 Å². The first-order valence-corrected chi connectivity index (χ1v) is 13.8. The van der Waals surface area contributed by atoms with Gasteiger partial charge in [0, 0.05) is 38.7 Å². The number of hydrogen-bond donors (Lipinski definition) is 0. The van der Waals surface area contributed by atoms with Gasteiger partial charge in [-0.05, 0) is 60.4 Å². The van der Waals surface area contributed by atoms with Gasteiger partial charge in [0.2, 0.25) is 0 Å². The van der Waals surface area contributed by atoms with Crippen molar-refractivity contribution in [2.45, 2.75) is 32.1 Å². The number of fused-ring (bicyclic) bond motifs is 10. The third kappa shape index (κ3) is 2.76. The van der Waals surface area contributed by atoms with Crippen molar-refractivity contribution >= 4 is 60.0 Å². The van der Waals surface area contributed by atoms with E-state index in [9.17, 15) is 0 Å². The summed E-state index contributed by atoms with van der Waals surface area (Å²) in [6.07, 6.45) is 8.63. The summed E-state index contributed by atoms with van der Waals surface area (Å²) in [6.45, 7) is 0. The quantitative estimate of drug-likeness (QED) is 0.247. The van der Waals surface area contributed by atoms with Crippen molar-refractivity contribution in [3.8, 4) is 11.3 Å². The zero-order chi connectivity index (χ0) is 24.8. The normalized spacial score (nSPS) is 14.9. The molecule has 0 amide bonds. The van der Waals surface area contributed by atoms with Gasteiger partial charge in [-0.25, -0.2) is 0 Å². The summed E-state index contributed by atoms with van der Waals surface area (Å²) in [5.74, 6) is 0.823. The van der Waals surface area contributed by atoms with E-state index in [1.54, 1.807) is 0 Å². The molecule has 8 aromatic rings. The number of rotatable bonds is 3. The molecule has 3 heteroatoms. The Labute approximate surface area is 219 Å². The van der Waals surface area contributed by atoms with Gasteiger partial charge in [-0.2, -0.15) is 0 Å². The molecule has 1 fully saturated rings. The second-order valence-electron chi connectivity index (χ2n) is 11.1. The van der Waals surface area contributed by atoms with Crippen LogP contribution in [0.25, 0.3) is 71.3 Å². The van der Waals surface area contributed by atoms with Gasteiger partial charge in [-0.1, -0.05) is 68.1 Å². The zero-order valence-electron chi connectivity index (χ0n) is 21.1. The number of para-hydroxylation sites is 2. The molecule has 182 valence electrons. The fourth-order valence-electron chi connectivity index (χ4n) is 7.20. The van der Waals surface area contributed by atoms with Crippen LogP contribution in [0.15, 0.2) is 95.5 Å². The average Bonchev–Trinajstić information content (AvgIpc) is 3.73. The molecule has 0 unspecified atom stereocenters. The van der Waals surface area contributed by atoms with Gasteiger partial charge in [-0.15, -0.1) is 0 Å². The predicted molar refractivity (Wildman–Crippen MR) is 157 cm³/mol. The van der Waals surface area contributed by atoms with E-state index in [-0.39, 0.29) is 0 Å². The van der Waals surface area contributed by atoms with Gasteiger partial charge in [0.05, 0.1) is 27.6 Å². The number of benzene rings is 4. The summed E-state index contributed by atoms with van der Waals surface area (Å²) in [7, 11) is 0. The molecule has 4 aromatic heterocycles. The van der Waals surface area contributed by atoms with Crippen LogP contribution in [0, 0.1) is 5.92 Å². The summed E-state index contributed by atoms with van der Waals surface area (Å²) in [5, 5.41) is 7.34. The smallest absolute Gasteiger partial charge is 0.145 e. The van der Waals surface area contributed by atoms with E-state index in [1.807, 2.05) is 6.20 Å². The summed E-state index contributed by atoms with van der Waals surface area (Å²) in [5.41, 5.74) is 9.23. The Balaban J connectivity index is 1.35. The first-order chi connectivity index (χ1) is 18.8. The highest BCUT2D eigenvalue weighted by Crippen LogP contribution is 2.46. The fourth-order valence-corrected chi connectivity index (χ4v) is 7.20. The molecule has 0 radical (unpaired) electrons. The molecule has 1 saturated carbocycles. The van der Waals surface area contributed by atoms with Crippen LogP contribution in [0.5, 0.6) is 0 Å². The minimum atomic E-state index is 0.823. The van der Waals surface area contributed by atoms with E-state index in [4.69, 9.17) is 9.40 Å². The standard InChI is InChI=1S/C35H26N2O/c1-2-8-21(7-1)17-22-15-16-36-29(18-22)23-13-14-31-28(19-23)33-34-26(24-9-3-5-11-30(24)37(31)34)20-27-25-10-4-6-12-32(25)38-35(27)33/h3-6,9-16,18-21H,1-2,7-8,17H2. The molecule has 0 bridgehead atoms. The molecule has 0 saturated heterocycles. The number of pyridine rings is 1. The van der Waals surface area contributed by atoms with Crippen LogP contribution in [0.1, 0.15) is 31.2 Å². The third-order valence-corrected chi connectivity index (χ3v) is 8.93. The molecular formula is C35H26N2O. The van der Waals surface area contributed by atoms with Crippen LogP contribution in [0.2, 0.25) is 0 Å². The van der Waals surface area contributed by atoms with E-state index in [0.717, 1.165) is 34.8 Å². The SMILES string of the molecule is c1ccc2c(c1)oc1c2cc2c3ccccc3n3c4ccc(-c5cc(CC6CCCC6)ccn5)cc4c1c23. The van der Waals surface area contributed by atoms with Gasteiger partial charge in [-0.3, -0.25) is 4.98 Å². The molecule has 0 atom stereocenters. The van der Waals surface area contributed by atoms with Crippen LogP contribution < -0.4 is 0 Å². The van der Waals surface area contributed by atoms with E-state index in [1.165, 1.54) is 80.1 Å². The molecule has 1 aliphatic rings. The Morgan fingerprint density at radius 2 is 1.55 bits per heavy atom. The van der Waals surface area contributed by atoms with Crippen LogP contribution in [0.4, 0.5) is 0 Å². The van der Waals surface area contributed by atoms with Gasteiger partial charge in [0.1, 0.15) is 11.2 Å². The van der Waals surface area contributed by atoms with Crippen LogP contribution in [-0.2, 0) is 6.42 Å². The average molecular weight is 491 g/mol. The van der Waals surface area contributed by atoms with E-state index < -0.39 is 0 Å². The predicted octanol–water partition coefficient (Wildman–Crippen LogP) is 9.53. The van der Waals surface area contributed by atoms with Crippen molar-refractivity contribution in [3.05, 3.63) is 96.7 Å². The second kappa shape index (κ2) is 7.58. The van der Waals surface area contributed by atoms with Gasteiger partial charge >= 0.3 is 0 Å². The van der Waals surface area contributed by atoms with Gasteiger partial charge < -0.3 is 8.82 Å². The minimum Gasteiger partial charge on any atom is -0.455 e. The molecule has 0 spiro atoms. The highest BCUT2D eigenvalue weighted by molar-refractivity contribution is 6.32. The third-order valence-electron chi connectivity index (χ3n) is 8.93. The van der Waals surface area contributed by atoms with Crippen molar-refractivity contribution < 1.29 is 4.42 Å². The topological polar surface area (TPSA) is 30.4 Å². The number of hydrogen-bond acceptors (Lipinski definition) is 2. The van der Waals surface area contributed by atoms with Crippen molar-refractivity contribution in [3.63, 3.8) is 0 Å². The first kappa shape index (κ1) is 20.7. The molecule has 38 heavy (non-hydrogen) atoms. The fraction of sp³-hybridized carbons (Fsp3) is 0.171. The Bertz CT molecular complexity index is 2170. The number of aromatic nitrogens is 2. The number of nitrogens with zero attached hydrogens (tertiary/aromatic N) is 2. The molecular weight excluding hydrogens is 464 g/mol. The van der Waals surface area contributed by atoms with E-state index >= 15 is 0 Å². The maximum atomic E-state index is 6.58. The first-order valence-electron chi connectivity index (χ1n) is 13.8.